The molecule has 1 aliphatic heterocycles. The lowest BCUT2D eigenvalue weighted by Gasteiger charge is -2.31. The highest BCUT2D eigenvalue weighted by molar-refractivity contribution is 5.82. The first-order valence-corrected chi connectivity index (χ1v) is 8.01. The van der Waals surface area contributed by atoms with Crippen molar-refractivity contribution in [3.05, 3.63) is 59.7 Å². The van der Waals surface area contributed by atoms with E-state index >= 15 is 0 Å². The van der Waals surface area contributed by atoms with Crippen LogP contribution >= 0.6 is 0 Å². The highest BCUT2D eigenvalue weighted by Gasteiger charge is 2.33. The van der Waals surface area contributed by atoms with E-state index in [9.17, 15) is 9.90 Å². The molecule has 0 unspecified atom stereocenters. The summed E-state index contributed by atoms with van der Waals surface area (Å²) in [5, 5.41) is 12.4. The second kappa shape index (κ2) is 6.93. The van der Waals surface area contributed by atoms with Gasteiger partial charge in [0.2, 0.25) is 6.10 Å². The molecule has 1 heterocycles. The molecule has 3 atom stereocenters. The van der Waals surface area contributed by atoms with Crippen molar-refractivity contribution in [2.75, 3.05) is 0 Å². The number of rotatable bonds is 4. The van der Waals surface area contributed by atoms with Crippen LogP contribution in [0.2, 0.25) is 0 Å². The van der Waals surface area contributed by atoms with Gasteiger partial charge in [0, 0.05) is 6.54 Å². The van der Waals surface area contributed by atoms with Crippen LogP contribution in [0.1, 0.15) is 31.1 Å². The van der Waals surface area contributed by atoms with Gasteiger partial charge in [0.1, 0.15) is 6.10 Å². The first-order valence-electron chi connectivity index (χ1n) is 8.01. The summed E-state index contributed by atoms with van der Waals surface area (Å²) in [6.07, 6.45) is -1.54. The van der Waals surface area contributed by atoms with Crippen molar-refractivity contribution in [3.8, 4) is 11.5 Å². The minimum atomic E-state index is -0.684. The van der Waals surface area contributed by atoms with Gasteiger partial charge in [-0.2, -0.15) is 0 Å². The largest absolute Gasteiger partial charge is 0.482 e. The van der Waals surface area contributed by atoms with Crippen LogP contribution in [0.4, 0.5) is 0 Å². The third-order valence-corrected chi connectivity index (χ3v) is 4.03. The van der Waals surface area contributed by atoms with Crippen molar-refractivity contribution in [1.29, 1.82) is 0 Å². The molecule has 0 saturated heterocycles. The zero-order chi connectivity index (χ0) is 17.1. The smallest absolute Gasteiger partial charge is 0.265 e. The van der Waals surface area contributed by atoms with Gasteiger partial charge < -0.3 is 19.9 Å². The van der Waals surface area contributed by atoms with Crippen molar-refractivity contribution in [2.24, 2.45) is 0 Å². The molecule has 0 aromatic heterocycles. The number of hydrogen-bond acceptors (Lipinski definition) is 4. The van der Waals surface area contributed by atoms with Crippen LogP contribution in [0, 0.1) is 0 Å². The first-order chi connectivity index (χ1) is 11.5. The Morgan fingerprint density at radius 1 is 1.12 bits per heavy atom. The number of aliphatic hydroxyl groups is 1. The van der Waals surface area contributed by atoms with Crippen LogP contribution < -0.4 is 14.8 Å². The van der Waals surface area contributed by atoms with Crippen LogP contribution in [-0.4, -0.2) is 23.2 Å². The number of carbonyl (C=O) groups excluding carboxylic acids is 1. The number of carbonyl (C=O) groups is 1. The summed E-state index contributed by atoms with van der Waals surface area (Å²) < 4.78 is 11.5. The number of para-hydroxylation sites is 2. The molecular weight excluding hydrogens is 306 g/mol. The summed E-state index contributed by atoms with van der Waals surface area (Å²) in [5.41, 5.74) is 1.80. The van der Waals surface area contributed by atoms with Crippen molar-refractivity contribution in [3.63, 3.8) is 0 Å². The molecule has 0 bridgehead atoms. The van der Waals surface area contributed by atoms with Crippen molar-refractivity contribution >= 4 is 5.91 Å². The Bertz CT molecular complexity index is 712. The van der Waals surface area contributed by atoms with Gasteiger partial charge in [-0.25, -0.2) is 0 Å². The third kappa shape index (κ3) is 3.51. The zero-order valence-electron chi connectivity index (χ0n) is 13.7. The predicted octanol–water partition coefficient (Wildman–Crippen LogP) is 2.58. The lowest BCUT2D eigenvalue weighted by atomic mass is 10.1. The minimum absolute atomic E-state index is 0.211. The molecule has 126 valence electrons. The molecular formula is C19H21NO4. The highest BCUT2D eigenvalue weighted by Crippen LogP contribution is 2.33. The lowest BCUT2D eigenvalue weighted by Crippen LogP contribution is -2.48. The maximum absolute atomic E-state index is 12.4. The Labute approximate surface area is 141 Å². The van der Waals surface area contributed by atoms with E-state index in [1.54, 1.807) is 13.0 Å². The van der Waals surface area contributed by atoms with Crippen LogP contribution in [0.15, 0.2) is 48.5 Å². The number of nitrogens with one attached hydrogen (secondary N) is 1. The van der Waals surface area contributed by atoms with Gasteiger partial charge in [-0.3, -0.25) is 4.79 Å². The quantitative estimate of drug-likeness (QED) is 0.906. The zero-order valence-corrected chi connectivity index (χ0v) is 13.7. The van der Waals surface area contributed by atoms with Crippen LogP contribution in [0.5, 0.6) is 11.5 Å². The van der Waals surface area contributed by atoms with E-state index in [2.05, 4.69) is 5.32 Å². The van der Waals surface area contributed by atoms with E-state index in [1.165, 1.54) is 0 Å². The Hall–Kier alpha value is -2.53. The van der Waals surface area contributed by atoms with Crippen molar-refractivity contribution in [2.45, 2.75) is 38.7 Å². The number of hydrogen-bond donors (Lipinski definition) is 2. The summed E-state index contributed by atoms with van der Waals surface area (Å²) in [4.78, 5) is 12.4. The molecule has 2 N–H and O–H groups in total. The number of amides is 1. The van der Waals surface area contributed by atoms with Gasteiger partial charge in [0.05, 0.1) is 6.10 Å². The number of benzene rings is 2. The van der Waals surface area contributed by atoms with E-state index in [0.29, 0.717) is 18.0 Å². The lowest BCUT2D eigenvalue weighted by molar-refractivity contribution is -0.133. The fraction of sp³-hybridized carbons (Fsp3) is 0.316. The monoisotopic (exact) mass is 327 g/mol. The molecule has 1 aliphatic rings. The molecule has 1 amide bonds. The number of aliphatic hydroxyl groups excluding tert-OH is 1. The topological polar surface area (TPSA) is 67.8 Å². The first kappa shape index (κ1) is 16.3. The van der Waals surface area contributed by atoms with Gasteiger partial charge in [-0.1, -0.05) is 36.4 Å². The van der Waals surface area contributed by atoms with E-state index in [1.807, 2.05) is 49.4 Å². The Morgan fingerprint density at radius 2 is 1.75 bits per heavy atom. The molecule has 0 aliphatic carbocycles. The number of ether oxygens (including phenoxy) is 2. The fourth-order valence-electron chi connectivity index (χ4n) is 2.61. The van der Waals surface area contributed by atoms with Crippen molar-refractivity contribution < 1.29 is 19.4 Å². The minimum Gasteiger partial charge on any atom is -0.482 e. The van der Waals surface area contributed by atoms with E-state index in [0.717, 1.165) is 11.1 Å². The summed E-state index contributed by atoms with van der Waals surface area (Å²) in [7, 11) is 0. The molecule has 2 aromatic carbocycles. The Balaban J connectivity index is 1.61. The normalized spacial score (nSPS) is 20.3. The highest BCUT2D eigenvalue weighted by atomic mass is 16.6. The Morgan fingerprint density at radius 3 is 2.38 bits per heavy atom. The van der Waals surface area contributed by atoms with Gasteiger partial charge >= 0.3 is 0 Å². The van der Waals surface area contributed by atoms with E-state index in [4.69, 9.17) is 9.47 Å². The fourth-order valence-corrected chi connectivity index (χ4v) is 2.61. The SMILES string of the molecule is C[C@H](O)c1ccc(CNC(=O)[C@@H]2Oc3ccccc3O[C@@H]2C)cc1. The predicted molar refractivity (Wildman–Crippen MR) is 89.9 cm³/mol. The summed E-state index contributed by atoms with van der Waals surface area (Å²) in [6.45, 7) is 3.93. The standard InChI is InChI=1S/C19H21NO4/c1-12(21)15-9-7-14(8-10-15)11-20-19(22)18-13(2)23-16-5-3-4-6-17(16)24-18/h3-10,12-13,18,21H,11H2,1-2H3,(H,20,22)/t12-,13+,18+/m0/s1. The molecule has 0 saturated carbocycles. The average Bonchev–Trinajstić information content (AvgIpc) is 2.59. The molecule has 24 heavy (non-hydrogen) atoms. The summed E-state index contributed by atoms with van der Waals surface area (Å²) in [5.74, 6) is 1.02. The molecule has 0 fully saturated rings. The molecule has 2 aromatic rings. The maximum Gasteiger partial charge on any atom is 0.265 e. The van der Waals surface area contributed by atoms with E-state index < -0.39 is 12.2 Å². The maximum atomic E-state index is 12.4. The molecule has 0 radical (unpaired) electrons. The van der Waals surface area contributed by atoms with Gasteiger partial charge in [0.15, 0.2) is 11.5 Å². The second-order valence-corrected chi connectivity index (χ2v) is 5.94. The summed E-state index contributed by atoms with van der Waals surface area (Å²) in [6, 6.07) is 14.8. The van der Waals surface area contributed by atoms with Crippen LogP contribution in [0.25, 0.3) is 0 Å². The van der Waals surface area contributed by atoms with Gasteiger partial charge in [-0.15, -0.1) is 0 Å². The Kier molecular flexibility index (Phi) is 4.71. The van der Waals surface area contributed by atoms with Gasteiger partial charge in [0.25, 0.3) is 5.91 Å². The molecule has 3 rings (SSSR count). The van der Waals surface area contributed by atoms with Crippen molar-refractivity contribution in [1.82, 2.24) is 5.32 Å². The summed E-state index contributed by atoms with van der Waals surface area (Å²) >= 11 is 0. The van der Waals surface area contributed by atoms with Crippen LogP contribution in [0.3, 0.4) is 0 Å². The number of fused-ring (bicyclic) bond motifs is 1. The third-order valence-electron chi connectivity index (χ3n) is 4.03. The average molecular weight is 327 g/mol. The van der Waals surface area contributed by atoms with Crippen LogP contribution in [-0.2, 0) is 11.3 Å². The van der Waals surface area contributed by atoms with E-state index in [-0.39, 0.29) is 12.0 Å². The molecule has 5 nitrogen and oxygen atoms in total. The van der Waals surface area contributed by atoms with Gasteiger partial charge in [-0.05, 0) is 37.1 Å². The molecule has 5 heteroatoms. The molecule has 0 spiro atoms. The second-order valence-electron chi connectivity index (χ2n) is 5.94.